The predicted molar refractivity (Wildman–Crippen MR) is 97.2 cm³/mol. The summed E-state index contributed by atoms with van der Waals surface area (Å²) >= 11 is 1.59. The molecular weight excluding hydrogens is 324 g/mol. The number of nitrogens with zero attached hydrogens (tertiary/aromatic N) is 1. The van der Waals surface area contributed by atoms with E-state index in [1.165, 1.54) is 0 Å². The van der Waals surface area contributed by atoms with Gasteiger partial charge in [-0.2, -0.15) is 0 Å². The summed E-state index contributed by atoms with van der Waals surface area (Å²) in [5, 5.41) is 2.72. The Morgan fingerprint density at radius 2 is 1.92 bits per heavy atom. The number of methoxy groups -OCH3 is 1. The van der Waals surface area contributed by atoms with Gasteiger partial charge in [0.2, 0.25) is 5.91 Å². The lowest BCUT2D eigenvalue weighted by Gasteiger charge is -2.15. The average Bonchev–Trinajstić information content (AvgIpc) is 3.14. The summed E-state index contributed by atoms with van der Waals surface area (Å²) in [5.41, 5.74) is 1.87. The molecule has 1 fully saturated rings. The van der Waals surface area contributed by atoms with Crippen molar-refractivity contribution < 1.29 is 14.3 Å². The Morgan fingerprint density at radius 3 is 2.54 bits per heavy atom. The van der Waals surface area contributed by atoms with Crippen LogP contribution in [0.25, 0.3) is 0 Å². The molecule has 2 rings (SSSR count). The molecule has 0 spiro atoms. The minimum atomic E-state index is -0.118. The van der Waals surface area contributed by atoms with Crippen molar-refractivity contribution in [1.29, 1.82) is 0 Å². The summed E-state index contributed by atoms with van der Waals surface area (Å²) in [5.74, 6) is 0.896. The van der Waals surface area contributed by atoms with Gasteiger partial charge in [-0.1, -0.05) is 12.1 Å². The van der Waals surface area contributed by atoms with E-state index in [1.54, 1.807) is 18.9 Å². The van der Waals surface area contributed by atoms with Gasteiger partial charge in [0.15, 0.2) is 0 Å². The summed E-state index contributed by atoms with van der Waals surface area (Å²) in [7, 11) is 1.61. The Balaban J connectivity index is 1.79. The monoisotopic (exact) mass is 350 g/mol. The van der Waals surface area contributed by atoms with Crippen molar-refractivity contribution in [3.63, 3.8) is 0 Å². The number of likely N-dealkylation sites (tertiary alicyclic amines) is 1. The van der Waals surface area contributed by atoms with E-state index in [-0.39, 0.29) is 17.1 Å². The number of hydrogen-bond acceptors (Lipinski definition) is 4. The van der Waals surface area contributed by atoms with Gasteiger partial charge in [-0.25, -0.2) is 0 Å². The fraction of sp³-hybridized carbons (Fsp3) is 0.556. The first-order valence-corrected chi connectivity index (χ1v) is 9.43. The van der Waals surface area contributed by atoms with Gasteiger partial charge < -0.3 is 15.0 Å². The Labute approximate surface area is 148 Å². The first-order chi connectivity index (χ1) is 11.6. The minimum absolute atomic E-state index is 0.0258. The van der Waals surface area contributed by atoms with Crippen LogP contribution in [0.4, 0.5) is 0 Å². The summed E-state index contributed by atoms with van der Waals surface area (Å²) in [6.45, 7) is 4.69. The van der Waals surface area contributed by atoms with E-state index in [1.807, 2.05) is 36.1 Å². The second-order valence-corrected chi connectivity index (χ2v) is 7.26. The van der Waals surface area contributed by atoms with Gasteiger partial charge in [-0.05, 0) is 37.5 Å². The molecule has 0 aromatic heterocycles. The predicted octanol–water partition coefficient (Wildman–Crippen LogP) is 2.31. The van der Waals surface area contributed by atoms with Crippen molar-refractivity contribution in [3.05, 3.63) is 35.4 Å². The van der Waals surface area contributed by atoms with Gasteiger partial charge in [-0.15, -0.1) is 11.8 Å². The molecule has 132 valence electrons. The van der Waals surface area contributed by atoms with Gasteiger partial charge in [0.1, 0.15) is 0 Å². The molecule has 2 amide bonds. The van der Waals surface area contributed by atoms with E-state index in [4.69, 9.17) is 4.74 Å². The topological polar surface area (TPSA) is 58.6 Å². The number of carbonyl (C=O) groups excluding carboxylic acids is 2. The van der Waals surface area contributed by atoms with Crippen LogP contribution in [0.1, 0.15) is 35.7 Å². The van der Waals surface area contributed by atoms with Gasteiger partial charge >= 0.3 is 0 Å². The smallest absolute Gasteiger partial charge is 0.253 e. The molecule has 0 aliphatic carbocycles. The van der Waals surface area contributed by atoms with Crippen molar-refractivity contribution in [1.82, 2.24) is 10.2 Å². The highest BCUT2D eigenvalue weighted by molar-refractivity contribution is 7.99. The third-order valence-electron chi connectivity index (χ3n) is 4.07. The van der Waals surface area contributed by atoms with Crippen LogP contribution in [0.3, 0.4) is 0 Å². The molecule has 1 unspecified atom stereocenters. The van der Waals surface area contributed by atoms with E-state index in [2.05, 4.69) is 5.32 Å². The van der Waals surface area contributed by atoms with E-state index >= 15 is 0 Å². The van der Waals surface area contributed by atoms with Crippen LogP contribution in [0.15, 0.2) is 24.3 Å². The van der Waals surface area contributed by atoms with Crippen molar-refractivity contribution in [2.45, 2.75) is 30.8 Å². The lowest BCUT2D eigenvalue weighted by molar-refractivity contribution is -0.120. The fourth-order valence-electron chi connectivity index (χ4n) is 2.56. The molecule has 0 radical (unpaired) electrons. The number of amides is 2. The quantitative estimate of drug-likeness (QED) is 0.731. The number of hydrogen-bond donors (Lipinski definition) is 1. The number of benzene rings is 1. The van der Waals surface area contributed by atoms with Gasteiger partial charge in [0, 0.05) is 38.1 Å². The maximum Gasteiger partial charge on any atom is 0.253 e. The zero-order chi connectivity index (χ0) is 17.4. The molecule has 1 N–H and O–H groups in total. The molecule has 5 nitrogen and oxygen atoms in total. The molecular formula is C18H26N2O3S. The summed E-state index contributed by atoms with van der Waals surface area (Å²) < 4.78 is 4.92. The molecule has 6 heteroatoms. The number of thioether (sulfide) groups is 1. The zero-order valence-electron chi connectivity index (χ0n) is 14.4. The molecule has 1 heterocycles. The second kappa shape index (κ2) is 9.69. The first kappa shape index (κ1) is 18.8. The van der Waals surface area contributed by atoms with Crippen LogP contribution in [0.2, 0.25) is 0 Å². The van der Waals surface area contributed by atoms with Crippen molar-refractivity contribution in [3.8, 4) is 0 Å². The van der Waals surface area contributed by atoms with Gasteiger partial charge in [0.05, 0.1) is 11.9 Å². The van der Waals surface area contributed by atoms with Crippen LogP contribution < -0.4 is 5.32 Å². The zero-order valence-corrected chi connectivity index (χ0v) is 15.2. The molecule has 1 aliphatic heterocycles. The molecule has 1 aliphatic rings. The van der Waals surface area contributed by atoms with Crippen LogP contribution in [-0.2, 0) is 15.3 Å². The first-order valence-electron chi connectivity index (χ1n) is 8.38. The highest BCUT2D eigenvalue weighted by Gasteiger charge is 2.19. The summed E-state index contributed by atoms with van der Waals surface area (Å²) in [6, 6.07) is 7.73. The number of rotatable bonds is 8. The number of ether oxygens (including phenoxy) is 1. The van der Waals surface area contributed by atoms with Gasteiger partial charge in [0.25, 0.3) is 5.91 Å². The number of carbonyl (C=O) groups is 2. The van der Waals surface area contributed by atoms with E-state index in [0.29, 0.717) is 13.2 Å². The van der Waals surface area contributed by atoms with E-state index in [9.17, 15) is 9.59 Å². The van der Waals surface area contributed by atoms with Crippen molar-refractivity contribution in [2.24, 2.45) is 0 Å². The molecule has 1 atom stereocenters. The maximum atomic E-state index is 12.3. The van der Waals surface area contributed by atoms with Gasteiger partial charge in [-0.3, -0.25) is 9.59 Å². The molecule has 24 heavy (non-hydrogen) atoms. The number of nitrogens with one attached hydrogen (secondary N) is 1. The Kier molecular flexibility index (Phi) is 7.59. The van der Waals surface area contributed by atoms with E-state index < -0.39 is 0 Å². The second-order valence-electron chi connectivity index (χ2n) is 5.93. The molecule has 1 aromatic rings. The fourth-order valence-corrected chi connectivity index (χ4v) is 3.43. The largest absolute Gasteiger partial charge is 0.383 e. The maximum absolute atomic E-state index is 12.3. The molecule has 0 saturated carbocycles. The summed E-state index contributed by atoms with van der Waals surface area (Å²) in [4.78, 5) is 26.1. The third-order valence-corrected chi connectivity index (χ3v) is 5.28. The van der Waals surface area contributed by atoms with Crippen molar-refractivity contribution in [2.75, 3.05) is 33.4 Å². The van der Waals surface area contributed by atoms with Crippen LogP contribution in [0, 0.1) is 0 Å². The standard InChI is InChI=1S/C18H26N2O3S/c1-14(17(21)19-9-12-23-2)24-13-15-5-7-16(8-6-15)18(22)20-10-3-4-11-20/h5-8,14H,3-4,9-13H2,1-2H3,(H,19,21). The summed E-state index contributed by atoms with van der Waals surface area (Å²) in [6.07, 6.45) is 2.20. The molecule has 0 bridgehead atoms. The Bertz CT molecular complexity index is 542. The van der Waals surface area contributed by atoms with Crippen LogP contribution >= 0.6 is 11.8 Å². The van der Waals surface area contributed by atoms with Crippen LogP contribution in [0.5, 0.6) is 0 Å². The average molecular weight is 350 g/mol. The Hall–Kier alpha value is -1.53. The van der Waals surface area contributed by atoms with E-state index in [0.717, 1.165) is 42.8 Å². The Morgan fingerprint density at radius 1 is 1.25 bits per heavy atom. The van der Waals surface area contributed by atoms with Crippen molar-refractivity contribution >= 4 is 23.6 Å². The highest BCUT2D eigenvalue weighted by Crippen LogP contribution is 2.19. The third kappa shape index (κ3) is 5.53. The lowest BCUT2D eigenvalue weighted by atomic mass is 10.1. The minimum Gasteiger partial charge on any atom is -0.383 e. The lowest BCUT2D eigenvalue weighted by Crippen LogP contribution is -2.33. The molecule has 1 aromatic carbocycles. The molecule has 1 saturated heterocycles. The van der Waals surface area contributed by atoms with Crippen LogP contribution in [-0.4, -0.2) is 55.3 Å². The highest BCUT2D eigenvalue weighted by atomic mass is 32.2. The normalized spacial score (nSPS) is 15.3. The SMILES string of the molecule is COCCNC(=O)C(C)SCc1ccc(C(=O)N2CCCC2)cc1.